The van der Waals surface area contributed by atoms with Crippen molar-refractivity contribution < 1.29 is 4.39 Å². The van der Waals surface area contributed by atoms with Crippen LogP contribution in [0, 0.1) is 5.82 Å². The highest BCUT2D eigenvalue weighted by molar-refractivity contribution is 5.15. The fourth-order valence-corrected chi connectivity index (χ4v) is 2.78. The van der Waals surface area contributed by atoms with Crippen molar-refractivity contribution in [1.82, 2.24) is 10.2 Å². The average Bonchev–Trinajstić information content (AvgIpc) is 2.40. The van der Waals surface area contributed by atoms with Crippen LogP contribution in [0.2, 0.25) is 0 Å². The van der Waals surface area contributed by atoms with Gasteiger partial charge in [0.1, 0.15) is 5.82 Å². The van der Waals surface area contributed by atoms with Gasteiger partial charge in [0.25, 0.3) is 0 Å². The van der Waals surface area contributed by atoms with E-state index in [2.05, 4.69) is 17.1 Å². The lowest BCUT2D eigenvalue weighted by molar-refractivity contribution is 0.159. The molecule has 1 aromatic rings. The second-order valence-electron chi connectivity index (χ2n) is 5.54. The van der Waals surface area contributed by atoms with E-state index in [4.69, 9.17) is 0 Å². The standard InChI is InChI=1S/C16H25FN2/c1-14-6-2-3-10-19(14)11-5-9-18-13-15-7-4-8-16(17)12-15/h4,7-8,12,14,18H,2-3,5-6,9-11,13H2,1H3. The first-order valence-corrected chi connectivity index (χ1v) is 7.45. The topological polar surface area (TPSA) is 15.3 Å². The third-order valence-corrected chi connectivity index (χ3v) is 3.96. The van der Waals surface area contributed by atoms with Gasteiger partial charge in [-0.1, -0.05) is 18.6 Å². The molecule has 19 heavy (non-hydrogen) atoms. The molecule has 106 valence electrons. The van der Waals surface area contributed by atoms with Crippen LogP contribution >= 0.6 is 0 Å². The second kappa shape index (κ2) is 7.61. The summed E-state index contributed by atoms with van der Waals surface area (Å²) in [4.78, 5) is 2.59. The number of likely N-dealkylation sites (tertiary alicyclic amines) is 1. The normalized spacial score (nSPS) is 20.6. The van der Waals surface area contributed by atoms with Crippen LogP contribution in [-0.2, 0) is 6.54 Å². The number of hydrogen-bond acceptors (Lipinski definition) is 2. The number of piperidine rings is 1. The van der Waals surface area contributed by atoms with E-state index in [0.29, 0.717) is 0 Å². The van der Waals surface area contributed by atoms with Gasteiger partial charge in [-0.2, -0.15) is 0 Å². The molecule has 1 aromatic carbocycles. The summed E-state index contributed by atoms with van der Waals surface area (Å²) >= 11 is 0. The zero-order chi connectivity index (χ0) is 13.5. The maximum absolute atomic E-state index is 13.0. The van der Waals surface area contributed by atoms with Crippen molar-refractivity contribution in [2.24, 2.45) is 0 Å². The smallest absolute Gasteiger partial charge is 0.123 e. The number of hydrogen-bond donors (Lipinski definition) is 1. The molecule has 1 N–H and O–H groups in total. The third-order valence-electron chi connectivity index (χ3n) is 3.96. The molecule has 0 spiro atoms. The Morgan fingerprint density at radius 2 is 2.26 bits per heavy atom. The summed E-state index contributed by atoms with van der Waals surface area (Å²) in [5, 5.41) is 3.39. The minimum absolute atomic E-state index is 0.151. The summed E-state index contributed by atoms with van der Waals surface area (Å²) in [6.07, 6.45) is 5.24. The minimum Gasteiger partial charge on any atom is -0.313 e. The highest BCUT2D eigenvalue weighted by Crippen LogP contribution is 2.16. The molecule has 1 aliphatic heterocycles. The molecule has 1 atom stereocenters. The van der Waals surface area contributed by atoms with E-state index in [-0.39, 0.29) is 5.82 Å². The first-order chi connectivity index (χ1) is 9.25. The Balaban J connectivity index is 1.59. The zero-order valence-electron chi connectivity index (χ0n) is 11.9. The van der Waals surface area contributed by atoms with Gasteiger partial charge in [0.15, 0.2) is 0 Å². The van der Waals surface area contributed by atoms with Gasteiger partial charge in [-0.3, -0.25) is 0 Å². The highest BCUT2D eigenvalue weighted by atomic mass is 19.1. The van der Waals surface area contributed by atoms with Crippen molar-refractivity contribution in [3.8, 4) is 0 Å². The maximum atomic E-state index is 13.0. The lowest BCUT2D eigenvalue weighted by atomic mass is 10.0. The Morgan fingerprint density at radius 3 is 3.05 bits per heavy atom. The highest BCUT2D eigenvalue weighted by Gasteiger charge is 2.16. The summed E-state index contributed by atoms with van der Waals surface area (Å²) in [5.74, 6) is -0.151. The second-order valence-corrected chi connectivity index (χ2v) is 5.54. The largest absolute Gasteiger partial charge is 0.313 e. The molecule has 3 heteroatoms. The monoisotopic (exact) mass is 264 g/mol. The van der Waals surface area contributed by atoms with E-state index >= 15 is 0 Å². The van der Waals surface area contributed by atoms with Gasteiger partial charge in [0.05, 0.1) is 0 Å². The van der Waals surface area contributed by atoms with Gasteiger partial charge in [-0.25, -0.2) is 4.39 Å². The average molecular weight is 264 g/mol. The predicted molar refractivity (Wildman–Crippen MR) is 77.6 cm³/mol. The molecular formula is C16H25FN2. The quantitative estimate of drug-likeness (QED) is 0.794. The van der Waals surface area contributed by atoms with Gasteiger partial charge in [0, 0.05) is 12.6 Å². The van der Waals surface area contributed by atoms with Crippen LogP contribution in [-0.4, -0.2) is 30.6 Å². The SMILES string of the molecule is CC1CCCCN1CCCNCc1cccc(F)c1. The van der Waals surface area contributed by atoms with E-state index in [9.17, 15) is 4.39 Å². The van der Waals surface area contributed by atoms with Gasteiger partial charge >= 0.3 is 0 Å². The van der Waals surface area contributed by atoms with Crippen LogP contribution in [0.5, 0.6) is 0 Å². The van der Waals surface area contributed by atoms with Gasteiger partial charge in [-0.15, -0.1) is 0 Å². The van der Waals surface area contributed by atoms with Gasteiger partial charge < -0.3 is 10.2 Å². The Morgan fingerprint density at radius 1 is 1.37 bits per heavy atom. The van der Waals surface area contributed by atoms with E-state index < -0.39 is 0 Å². The number of nitrogens with one attached hydrogen (secondary N) is 1. The predicted octanol–water partition coefficient (Wildman–Crippen LogP) is 3.18. The molecule has 1 heterocycles. The summed E-state index contributed by atoms with van der Waals surface area (Å²) in [7, 11) is 0. The van der Waals surface area contributed by atoms with Crippen LogP contribution < -0.4 is 5.32 Å². The molecular weight excluding hydrogens is 239 g/mol. The minimum atomic E-state index is -0.151. The van der Waals surface area contributed by atoms with Crippen molar-refractivity contribution in [2.45, 2.75) is 45.2 Å². The van der Waals surface area contributed by atoms with Crippen LogP contribution in [0.25, 0.3) is 0 Å². The Labute approximate surface area is 116 Å². The van der Waals surface area contributed by atoms with Crippen LogP contribution in [0.4, 0.5) is 4.39 Å². The van der Waals surface area contributed by atoms with E-state index in [1.165, 1.54) is 44.8 Å². The number of rotatable bonds is 6. The Hall–Kier alpha value is -0.930. The van der Waals surface area contributed by atoms with E-state index in [1.807, 2.05) is 6.07 Å². The lowest BCUT2D eigenvalue weighted by Gasteiger charge is -2.33. The van der Waals surface area contributed by atoms with Crippen LogP contribution in [0.15, 0.2) is 24.3 Å². The fraction of sp³-hybridized carbons (Fsp3) is 0.625. The number of benzene rings is 1. The van der Waals surface area contributed by atoms with Crippen molar-refractivity contribution in [3.05, 3.63) is 35.6 Å². The molecule has 2 rings (SSSR count). The molecule has 0 aliphatic carbocycles. The van der Waals surface area contributed by atoms with Crippen molar-refractivity contribution in [1.29, 1.82) is 0 Å². The first kappa shape index (κ1) is 14.5. The Bertz CT molecular complexity index is 381. The Kier molecular flexibility index (Phi) is 5.80. The van der Waals surface area contributed by atoms with Crippen molar-refractivity contribution in [3.63, 3.8) is 0 Å². The molecule has 0 bridgehead atoms. The maximum Gasteiger partial charge on any atom is 0.123 e. The van der Waals surface area contributed by atoms with E-state index in [0.717, 1.165) is 24.7 Å². The molecule has 2 nitrogen and oxygen atoms in total. The number of nitrogens with zero attached hydrogens (tertiary/aromatic N) is 1. The molecule has 1 aliphatic rings. The summed E-state index contributed by atoms with van der Waals surface area (Å²) in [6.45, 7) is 6.52. The van der Waals surface area contributed by atoms with Gasteiger partial charge in [0.2, 0.25) is 0 Å². The first-order valence-electron chi connectivity index (χ1n) is 7.45. The molecule has 0 amide bonds. The lowest BCUT2D eigenvalue weighted by Crippen LogP contribution is -2.38. The van der Waals surface area contributed by atoms with Crippen LogP contribution in [0.1, 0.15) is 38.2 Å². The third kappa shape index (κ3) is 4.92. The molecule has 1 unspecified atom stereocenters. The summed E-state index contributed by atoms with van der Waals surface area (Å²) < 4.78 is 13.0. The molecule has 0 saturated carbocycles. The van der Waals surface area contributed by atoms with Crippen molar-refractivity contribution in [2.75, 3.05) is 19.6 Å². The molecule has 1 saturated heterocycles. The van der Waals surface area contributed by atoms with E-state index in [1.54, 1.807) is 12.1 Å². The van der Waals surface area contributed by atoms with Crippen LogP contribution in [0.3, 0.4) is 0 Å². The molecule has 0 radical (unpaired) electrons. The molecule has 0 aromatic heterocycles. The summed E-state index contributed by atoms with van der Waals surface area (Å²) in [5.41, 5.74) is 1.02. The molecule has 1 fully saturated rings. The zero-order valence-corrected chi connectivity index (χ0v) is 11.9. The summed E-state index contributed by atoms with van der Waals surface area (Å²) in [6, 6.07) is 7.56. The fourth-order valence-electron chi connectivity index (χ4n) is 2.78. The van der Waals surface area contributed by atoms with Gasteiger partial charge in [-0.05, 0) is 63.5 Å². The van der Waals surface area contributed by atoms with Crippen molar-refractivity contribution >= 4 is 0 Å². The number of halogens is 1.